The van der Waals surface area contributed by atoms with Crippen LogP contribution in [0, 0.1) is 10.8 Å². The third-order valence-electron chi connectivity index (χ3n) is 3.64. The third-order valence-corrected chi connectivity index (χ3v) is 4.58. The molecule has 0 amide bonds. The van der Waals surface area contributed by atoms with E-state index < -0.39 is 7.25 Å². The fourth-order valence-electron chi connectivity index (χ4n) is 2.15. The van der Waals surface area contributed by atoms with Crippen LogP contribution in [0.5, 0.6) is 0 Å². The second-order valence-electron chi connectivity index (χ2n) is 8.10. The Bertz CT molecular complexity index is 617. The molecule has 0 bridgehead atoms. The Morgan fingerprint density at radius 1 is 0.577 bits per heavy atom. The molecule has 2 rings (SSSR count). The van der Waals surface area contributed by atoms with Gasteiger partial charge in [0.1, 0.15) is 0 Å². The van der Waals surface area contributed by atoms with Crippen molar-refractivity contribution in [3.8, 4) is 0 Å². The molecule has 0 heterocycles. The van der Waals surface area contributed by atoms with Gasteiger partial charge < -0.3 is 17.3 Å². The molecule has 0 aliphatic rings. The molecule has 0 radical (unpaired) electrons. The van der Waals surface area contributed by atoms with Crippen LogP contribution < -0.4 is 0 Å². The number of benzene rings is 2. The summed E-state index contributed by atoms with van der Waals surface area (Å²) in [4.78, 5) is 0. The number of rotatable bonds is 2. The lowest BCUT2D eigenvalue weighted by molar-refractivity contribution is -0.535. The molecule has 0 saturated heterocycles. The van der Waals surface area contributed by atoms with E-state index in [9.17, 15) is 17.3 Å². The van der Waals surface area contributed by atoms with Crippen molar-refractivity contribution < 1.29 is 28.1 Å². The molecule has 0 saturated carbocycles. The highest BCUT2D eigenvalue weighted by molar-refractivity contribution is 6.50. The molecule has 0 aliphatic carbocycles. The van der Waals surface area contributed by atoms with Crippen LogP contribution in [0.2, 0.25) is 10.0 Å². The normalized spacial score (nSPS) is 12.4. The van der Waals surface area contributed by atoms with E-state index in [-0.39, 0.29) is 10.8 Å². The Balaban J connectivity index is 0.000000597. The Kier molecular flexibility index (Phi) is 7.35. The minimum Gasteiger partial charge on any atom is -0.418 e. The van der Waals surface area contributed by atoms with Gasteiger partial charge in [-0.25, -0.2) is 0 Å². The van der Waals surface area contributed by atoms with Gasteiger partial charge in [0.2, 0.25) is 20.8 Å². The van der Waals surface area contributed by atoms with Gasteiger partial charge in [-0.2, -0.15) is 0 Å². The maximum Gasteiger partial charge on any atom is 0.673 e. The van der Waals surface area contributed by atoms with E-state index in [0.29, 0.717) is 0 Å². The predicted molar refractivity (Wildman–Crippen MR) is 98.8 cm³/mol. The highest BCUT2D eigenvalue weighted by Crippen LogP contribution is 2.26. The first-order valence-electron chi connectivity index (χ1n) is 8.39. The second-order valence-corrected chi connectivity index (χ2v) is 9.17. The zero-order valence-electron chi connectivity index (χ0n) is 16.1. The van der Waals surface area contributed by atoms with Gasteiger partial charge in [-0.1, -0.05) is 65.8 Å². The molecule has 0 aliphatic heterocycles. The summed E-state index contributed by atoms with van der Waals surface area (Å²) in [6, 6.07) is 17.7. The van der Waals surface area contributed by atoms with Gasteiger partial charge in [0.25, 0.3) is 0 Å². The highest BCUT2D eigenvalue weighted by atomic mass is 35.5. The van der Waals surface area contributed by atoms with Gasteiger partial charge in [0.15, 0.2) is 0 Å². The molecule has 0 fully saturated rings. The summed E-state index contributed by atoms with van der Waals surface area (Å²) in [5.41, 5.74) is 3.18. The lowest BCUT2D eigenvalue weighted by Gasteiger charge is -2.18. The molecule has 26 heavy (non-hydrogen) atoms. The third kappa shape index (κ3) is 8.75. The van der Waals surface area contributed by atoms with Crippen LogP contribution in [0.1, 0.15) is 52.7 Å². The summed E-state index contributed by atoms with van der Waals surface area (Å²) in [7, 11) is -3.63. The molecular formula is C20H26BClF4. The highest BCUT2D eigenvalue weighted by Gasteiger charge is 2.21. The monoisotopic (exact) mass is 388 g/mol. The SMILES string of the molecule is CC(C)(C)c1ccc([Cl+]c2ccc(C(C)(C)C)cc2)cc1.F[B-](F)(F)F. The van der Waals surface area contributed by atoms with Crippen LogP contribution in [-0.4, -0.2) is 7.25 Å². The van der Waals surface area contributed by atoms with Crippen molar-refractivity contribution in [1.29, 1.82) is 0 Å². The zero-order valence-corrected chi connectivity index (χ0v) is 16.8. The van der Waals surface area contributed by atoms with E-state index in [1.807, 2.05) is 0 Å². The van der Waals surface area contributed by atoms with Crippen LogP contribution in [0.3, 0.4) is 0 Å². The van der Waals surface area contributed by atoms with Crippen LogP contribution in [-0.2, 0) is 10.8 Å². The first kappa shape index (κ1) is 22.6. The molecule has 0 aromatic heterocycles. The molecule has 0 atom stereocenters. The molecule has 2 aromatic carbocycles. The van der Waals surface area contributed by atoms with Crippen molar-refractivity contribution in [1.82, 2.24) is 0 Å². The molecule has 0 unspecified atom stereocenters. The maximum atomic E-state index is 9.75. The lowest BCUT2D eigenvalue weighted by Crippen LogP contribution is -2.10. The van der Waals surface area contributed by atoms with E-state index in [0.717, 1.165) is 0 Å². The fourth-order valence-corrected chi connectivity index (χ4v) is 2.91. The molecule has 144 valence electrons. The van der Waals surface area contributed by atoms with E-state index in [1.54, 1.807) is 0 Å². The largest absolute Gasteiger partial charge is 0.673 e. The molecule has 6 heteroatoms. The first-order chi connectivity index (χ1) is 11.7. The zero-order chi connectivity index (χ0) is 20.2. The van der Waals surface area contributed by atoms with Crippen molar-refractivity contribution in [2.75, 3.05) is 0 Å². The van der Waals surface area contributed by atoms with E-state index in [1.165, 1.54) is 21.2 Å². The van der Waals surface area contributed by atoms with Gasteiger partial charge in [-0.05, 0) is 22.0 Å². The Morgan fingerprint density at radius 2 is 0.808 bits per heavy atom. The van der Waals surface area contributed by atoms with E-state index in [4.69, 9.17) is 0 Å². The Hall–Kier alpha value is -1.49. The molecule has 0 nitrogen and oxygen atoms in total. The molecule has 0 N–H and O–H groups in total. The van der Waals surface area contributed by atoms with Gasteiger partial charge in [0, 0.05) is 24.3 Å². The summed E-state index contributed by atoms with van der Waals surface area (Å²) >= 11 is 0. The Labute approximate surface area is 157 Å². The van der Waals surface area contributed by atoms with Crippen molar-refractivity contribution >= 4 is 7.25 Å². The summed E-state index contributed by atoms with van der Waals surface area (Å²) in [6.45, 7) is 13.5. The van der Waals surface area contributed by atoms with Crippen LogP contribution in [0.25, 0.3) is 0 Å². The molecular weight excluding hydrogens is 362 g/mol. The van der Waals surface area contributed by atoms with Crippen LogP contribution >= 0.6 is 0 Å². The first-order valence-corrected chi connectivity index (χ1v) is 9.15. The van der Waals surface area contributed by atoms with Gasteiger partial charge in [-0.15, -0.1) is 0 Å². The van der Waals surface area contributed by atoms with E-state index >= 15 is 0 Å². The molecule has 0 spiro atoms. The number of halogens is 5. The van der Waals surface area contributed by atoms with Crippen molar-refractivity contribution in [3.63, 3.8) is 0 Å². The minimum atomic E-state index is -6.00. The van der Waals surface area contributed by atoms with Crippen molar-refractivity contribution in [2.24, 2.45) is 0 Å². The summed E-state index contributed by atoms with van der Waals surface area (Å²) in [6.07, 6.45) is 0. The summed E-state index contributed by atoms with van der Waals surface area (Å²) < 4.78 is 39.0. The van der Waals surface area contributed by atoms with Gasteiger partial charge in [-0.3, -0.25) is 0 Å². The van der Waals surface area contributed by atoms with E-state index in [2.05, 4.69) is 101 Å². The second kappa shape index (κ2) is 8.47. The average molecular weight is 389 g/mol. The van der Waals surface area contributed by atoms with Crippen molar-refractivity contribution in [3.05, 3.63) is 69.7 Å². The minimum absolute atomic E-state index is 0.214. The summed E-state index contributed by atoms with van der Waals surface area (Å²) in [5, 5.41) is 2.48. The van der Waals surface area contributed by atoms with Gasteiger partial charge in [0.05, 0.1) is 0 Å². The topological polar surface area (TPSA) is 0 Å². The van der Waals surface area contributed by atoms with Crippen LogP contribution in [0.15, 0.2) is 48.5 Å². The summed E-state index contributed by atoms with van der Waals surface area (Å²) in [5.74, 6) is 0. The Morgan fingerprint density at radius 3 is 1.00 bits per heavy atom. The lowest BCUT2D eigenvalue weighted by atomic mass is 9.87. The van der Waals surface area contributed by atoms with Crippen molar-refractivity contribution in [2.45, 2.75) is 52.4 Å². The predicted octanol–water partition coefficient (Wildman–Crippen LogP) is 7.20. The molecule has 2 aromatic rings. The standard InChI is InChI=1S/C20H26Cl.BF4/c1-19(2,3)15-7-11-17(12-8-15)21-18-13-9-16(10-14-18)20(4,5)6;2-1(3,4)5/h7-14H,1-6H3;/q+1;-1. The average Bonchev–Trinajstić information content (AvgIpc) is 2.45. The van der Waals surface area contributed by atoms with Crippen LogP contribution in [0.4, 0.5) is 17.3 Å². The quantitative estimate of drug-likeness (QED) is 0.377. The number of hydrogen-bond donors (Lipinski definition) is 0. The smallest absolute Gasteiger partial charge is 0.418 e. The number of hydrogen-bond acceptors (Lipinski definition) is 0. The fraction of sp³-hybridized carbons (Fsp3) is 0.400. The maximum absolute atomic E-state index is 9.75. The van der Waals surface area contributed by atoms with Gasteiger partial charge >= 0.3 is 7.25 Å².